The van der Waals surface area contributed by atoms with Gasteiger partial charge in [-0.3, -0.25) is 0 Å². The van der Waals surface area contributed by atoms with Crippen LogP contribution in [0.4, 0.5) is 31.8 Å². The van der Waals surface area contributed by atoms with Crippen LogP contribution in [0.25, 0.3) is 11.3 Å². The molecule has 3 heterocycles. The predicted octanol–water partition coefficient (Wildman–Crippen LogP) is 5.38. The van der Waals surface area contributed by atoms with Crippen molar-refractivity contribution < 1.29 is 13.5 Å². The number of anilines is 4. The molecule has 0 saturated carbocycles. The Morgan fingerprint density at radius 1 is 1.05 bits per heavy atom. The molecular formula is C29H36F2N6O. The first-order valence-electron chi connectivity index (χ1n) is 13.2. The van der Waals surface area contributed by atoms with Gasteiger partial charge < -0.3 is 25.2 Å². The molecule has 2 aliphatic rings. The fraction of sp³-hybridized carbons (Fsp3) is 0.448. The molecule has 2 N–H and O–H groups in total. The molecule has 0 amide bonds. The average Bonchev–Trinajstić information content (AvgIpc) is 2.89. The van der Waals surface area contributed by atoms with Crippen molar-refractivity contribution in [1.82, 2.24) is 15.3 Å². The number of fused-ring (bicyclic) bond motifs is 1. The highest BCUT2D eigenvalue weighted by Gasteiger charge is 2.34. The van der Waals surface area contributed by atoms with E-state index in [-0.39, 0.29) is 28.9 Å². The second kappa shape index (κ2) is 10.4. The van der Waals surface area contributed by atoms with Crippen molar-refractivity contribution in [2.45, 2.75) is 40.2 Å². The van der Waals surface area contributed by atoms with Crippen molar-refractivity contribution >= 4 is 23.0 Å². The van der Waals surface area contributed by atoms with Gasteiger partial charge in [-0.1, -0.05) is 13.8 Å². The van der Waals surface area contributed by atoms with Gasteiger partial charge in [0, 0.05) is 67.3 Å². The van der Waals surface area contributed by atoms with Crippen molar-refractivity contribution in [2.75, 3.05) is 55.0 Å². The Labute approximate surface area is 223 Å². The summed E-state index contributed by atoms with van der Waals surface area (Å²) in [6, 6.07) is 9.22. The van der Waals surface area contributed by atoms with E-state index in [4.69, 9.17) is 4.74 Å². The summed E-state index contributed by atoms with van der Waals surface area (Å²) in [5, 5.41) is 6.51. The molecule has 1 aromatic heterocycles. The summed E-state index contributed by atoms with van der Waals surface area (Å²) in [6.45, 7) is 12.9. The van der Waals surface area contributed by atoms with Crippen LogP contribution in [0.1, 0.15) is 33.3 Å². The van der Waals surface area contributed by atoms with Gasteiger partial charge in [-0.25, -0.2) is 18.7 Å². The Bertz CT molecular complexity index is 1320. The quantitative estimate of drug-likeness (QED) is 0.451. The molecule has 3 aromatic rings. The number of rotatable bonds is 6. The number of halogens is 2. The molecule has 202 valence electrons. The molecule has 1 fully saturated rings. The molecule has 5 rings (SSSR count). The highest BCUT2D eigenvalue weighted by molar-refractivity contribution is 5.72. The minimum absolute atomic E-state index is 0.0572. The number of benzene rings is 2. The van der Waals surface area contributed by atoms with E-state index in [1.165, 1.54) is 6.07 Å². The third-order valence-corrected chi connectivity index (χ3v) is 7.27. The number of hydrogen-bond donors (Lipinski definition) is 2. The molecule has 0 atom stereocenters. The van der Waals surface area contributed by atoms with Crippen LogP contribution in [-0.2, 0) is 6.42 Å². The molecule has 0 bridgehead atoms. The largest absolute Gasteiger partial charge is 0.495 e. The van der Waals surface area contributed by atoms with Crippen LogP contribution in [0.3, 0.4) is 0 Å². The van der Waals surface area contributed by atoms with Crippen LogP contribution in [0.5, 0.6) is 5.75 Å². The van der Waals surface area contributed by atoms with Crippen LogP contribution >= 0.6 is 0 Å². The maximum absolute atomic E-state index is 15.4. The van der Waals surface area contributed by atoms with Crippen molar-refractivity contribution in [3.63, 3.8) is 0 Å². The number of nitrogens with one attached hydrogen (secondary N) is 2. The molecule has 9 heteroatoms. The van der Waals surface area contributed by atoms with E-state index in [0.717, 1.165) is 56.0 Å². The van der Waals surface area contributed by atoms with E-state index in [2.05, 4.69) is 58.1 Å². The molecule has 1 saturated heterocycles. The zero-order valence-electron chi connectivity index (χ0n) is 22.7. The highest BCUT2D eigenvalue weighted by Crippen LogP contribution is 2.41. The lowest BCUT2D eigenvalue weighted by Crippen LogP contribution is -2.44. The number of nitrogens with zero attached hydrogens (tertiary/aromatic N) is 4. The standard InChI is InChI=1S/C29H36F2N6O/c1-18(2)37-17-29(3,4)15-21-22(30)12-19(13-25(21)37)27-23(31)16-33-28(35-27)34-20-6-7-24(26(14-20)38-5)36-10-8-32-9-11-36/h6-7,12-14,16,18,32H,8-11,15,17H2,1-5H3,(H,33,34,35). The van der Waals surface area contributed by atoms with Gasteiger partial charge >= 0.3 is 0 Å². The molecule has 7 nitrogen and oxygen atoms in total. The molecule has 0 spiro atoms. The Hall–Kier alpha value is -3.46. The first kappa shape index (κ1) is 26.2. The second-order valence-electron chi connectivity index (χ2n) is 11.2. The van der Waals surface area contributed by atoms with Crippen molar-refractivity contribution in [3.05, 3.63) is 53.7 Å². The zero-order chi connectivity index (χ0) is 27.0. The summed E-state index contributed by atoms with van der Waals surface area (Å²) in [6.07, 6.45) is 1.75. The smallest absolute Gasteiger partial charge is 0.227 e. The summed E-state index contributed by atoms with van der Waals surface area (Å²) < 4.78 is 36.1. The lowest BCUT2D eigenvalue weighted by atomic mass is 9.80. The lowest BCUT2D eigenvalue weighted by Gasteiger charge is -2.43. The maximum Gasteiger partial charge on any atom is 0.227 e. The van der Waals surface area contributed by atoms with Gasteiger partial charge in [0.05, 0.1) is 19.0 Å². The van der Waals surface area contributed by atoms with Gasteiger partial charge in [-0.15, -0.1) is 0 Å². The number of hydrogen-bond acceptors (Lipinski definition) is 7. The van der Waals surface area contributed by atoms with Crippen LogP contribution in [0.15, 0.2) is 36.5 Å². The lowest BCUT2D eigenvalue weighted by molar-refractivity contribution is 0.332. The van der Waals surface area contributed by atoms with Gasteiger partial charge in [-0.05, 0) is 49.9 Å². The summed E-state index contributed by atoms with van der Waals surface area (Å²) in [4.78, 5) is 13.1. The number of methoxy groups -OCH3 is 1. The minimum atomic E-state index is -0.603. The summed E-state index contributed by atoms with van der Waals surface area (Å²) >= 11 is 0. The molecule has 0 radical (unpaired) electrons. The van der Waals surface area contributed by atoms with Gasteiger partial charge in [0.1, 0.15) is 17.3 Å². The predicted molar refractivity (Wildman–Crippen MR) is 149 cm³/mol. The van der Waals surface area contributed by atoms with E-state index < -0.39 is 5.82 Å². The molecule has 0 unspecified atom stereocenters. The van der Waals surface area contributed by atoms with E-state index in [9.17, 15) is 4.39 Å². The SMILES string of the molecule is COc1cc(Nc2ncc(F)c(-c3cc(F)c4c(c3)N(C(C)C)CC(C)(C)C4)n2)ccc1N1CCNCC1. The Kier molecular flexibility index (Phi) is 7.13. The second-order valence-corrected chi connectivity index (χ2v) is 11.2. The number of piperazine rings is 1. The fourth-order valence-corrected chi connectivity index (χ4v) is 5.41. The number of ether oxygens (including phenoxy) is 1. The van der Waals surface area contributed by atoms with E-state index in [1.54, 1.807) is 7.11 Å². The Morgan fingerprint density at radius 3 is 2.53 bits per heavy atom. The highest BCUT2D eigenvalue weighted by atomic mass is 19.1. The van der Waals surface area contributed by atoms with Gasteiger partial charge in [0.25, 0.3) is 0 Å². The van der Waals surface area contributed by atoms with Crippen molar-refractivity contribution in [2.24, 2.45) is 5.41 Å². The van der Waals surface area contributed by atoms with E-state index in [0.29, 0.717) is 23.2 Å². The van der Waals surface area contributed by atoms with Crippen LogP contribution in [-0.4, -0.2) is 55.8 Å². The van der Waals surface area contributed by atoms with Gasteiger partial charge in [-0.2, -0.15) is 0 Å². The number of aromatic nitrogens is 2. The van der Waals surface area contributed by atoms with Gasteiger partial charge in [0.15, 0.2) is 5.82 Å². The zero-order valence-corrected chi connectivity index (χ0v) is 22.7. The summed E-state index contributed by atoms with van der Waals surface area (Å²) in [5.41, 5.74) is 3.59. The van der Waals surface area contributed by atoms with Gasteiger partial charge in [0.2, 0.25) is 5.95 Å². The Morgan fingerprint density at radius 2 is 1.82 bits per heavy atom. The van der Waals surface area contributed by atoms with Crippen LogP contribution < -0.4 is 25.2 Å². The van der Waals surface area contributed by atoms with E-state index >= 15 is 4.39 Å². The van der Waals surface area contributed by atoms with Crippen LogP contribution in [0.2, 0.25) is 0 Å². The minimum Gasteiger partial charge on any atom is -0.495 e. The first-order valence-corrected chi connectivity index (χ1v) is 13.2. The Balaban J connectivity index is 1.46. The molecular weight excluding hydrogens is 486 g/mol. The molecule has 2 aliphatic heterocycles. The third kappa shape index (κ3) is 5.25. The monoisotopic (exact) mass is 522 g/mol. The molecule has 38 heavy (non-hydrogen) atoms. The van der Waals surface area contributed by atoms with Crippen molar-refractivity contribution in [1.29, 1.82) is 0 Å². The van der Waals surface area contributed by atoms with Crippen LogP contribution in [0, 0.1) is 17.0 Å². The third-order valence-electron chi connectivity index (χ3n) is 7.27. The molecule has 0 aliphatic carbocycles. The first-order chi connectivity index (χ1) is 18.1. The molecule has 2 aromatic carbocycles. The summed E-state index contributed by atoms with van der Waals surface area (Å²) in [7, 11) is 1.64. The summed E-state index contributed by atoms with van der Waals surface area (Å²) in [5.74, 6) is 0.0107. The maximum atomic E-state index is 15.4. The normalized spacial score (nSPS) is 16.9. The van der Waals surface area contributed by atoms with E-state index in [1.807, 2.05) is 24.3 Å². The topological polar surface area (TPSA) is 65.5 Å². The average molecular weight is 523 g/mol. The van der Waals surface area contributed by atoms with Crippen molar-refractivity contribution in [3.8, 4) is 17.0 Å². The fourth-order valence-electron chi connectivity index (χ4n) is 5.41.